The van der Waals surface area contributed by atoms with Crippen molar-refractivity contribution in [1.29, 1.82) is 0 Å². The van der Waals surface area contributed by atoms with Gasteiger partial charge in [0.25, 0.3) is 11.4 Å². The van der Waals surface area contributed by atoms with Gasteiger partial charge in [-0.3, -0.25) is 29.8 Å². The number of halogens is 1. The minimum absolute atomic E-state index is 0.00542. The Bertz CT molecular complexity index is 3410. The molecule has 8 saturated carbocycles. The van der Waals surface area contributed by atoms with Gasteiger partial charge in [-0.25, -0.2) is 19.2 Å². The molecule has 8 fully saturated rings. The van der Waals surface area contributed by atoms with Gasteiger partial charge in [0.15, 0.2) is 0 Å². The normalized spacial score (nSPS) is 37.1. The smallest absolute Gasteiger partial charge is 0.462 e. The van der Waals surface area contributed by atoms with E-state index in [-0.39, 0.29) is 81.5 Å². The molecule has 3 N–H and O–H groups in total. The van der Waals surface area contributed by atoms with Crippen LogP contribution in [0.2, 0.25) is 0 Å². The number of nitro benzene ring substituents is 2. The molecule has 480 valence electrons. The average Bonchev–Trinajstić information content (AvgIpc) is 1.62. The molecule has 22 nitrogen and oxygen atoms in total. The first-order valence-corrected chi connectivity index (χ1v) is 31.3. The van der Waals surface area contributed by atoms with E-state index in [1.807, 2.05) is 0 Å². The van der Waals surface area contributed by atoms with Crippen LogP contribution < -0.4 is 20.7 Å². The molecule has 0 radical (unpaired) electrons. The number of nitro groups is 2. The Morgan fingerprint density at radius 1 is 0.551 bits per heavy atom. The van der Waals surface area contributed by atoms with Crippen molar-refractivity contribution in [1.82, 2.24) is 0 Å². The van der Waals surface area contributed by atoms with Crippen LogP contribution in [0.4, 0.5) is 21.0 Å². The summed E-state index contributed by atoms with van der Waals surface area (Å²) in [6, 6.07) is 16.6. The number of carbonyl (C=O) groups excluding carboxylic acids is 4. The summed E-state index contributed by atoms with van der Waals surface area (Å²) in [6.45, 7) is 11.7. The second kappa shape index (κ2) is 25.0. The highest BCUT2D eigenvalue weighted by Gasteiger charge is 2.72. The van der Waals surface area contributed by atoms with Gasteiger partial charge in [0.2, 0.25) is 0 Å². The van der Waals surface area contributed by atoms with Gasteiger partial charge >= 0.3 is 34.8 Å². The van der Waals surface area contributed by atoms with Crippen LogP contribution in [-0.2, 0) is 23.8 Å². The number of benzene rings is 2. The van der Waals surface area contributed by atoms with Crippen molar-refractivity contribution in [3.05, 3.63) is 138 Å². The molecule has 23 heteroatoms. The molecule has 2 heterocycles. The summed E-state index contributed by atoms with van der Waals surface area (Å²) in [5.41, 5.74) is -3.47. The van der Waals surface area contributed by atoms with E-state index in [1.165, 1.54) is 87.0 Å². The molecule has 2 aromatic carbocycles. The van der Waals surface area contributed by atoms with Crippen molar-refractivity contribution < 1.29 is 76.9 Å². The molecule has 0 unspecified atom stereocenters. The van der Waals surface area contributed by atoms with Gasteiger partial charge in [-0.05, 0) is 184 Å². The van der Waals surface area contributed by atoms with Crippen molar-refractivity contribution in [3.63, 3.8) is 0 Å². The van der Waals surface area contributed by atoms with E-state index in [2.05, 4.69) is 32.4 Å². The molecule has 0 amide bonds. The number of non-ortho nitro benzene ring substituents is 2. The van der Waals surface area contributed by atoms with Gasteiger partial charge < -0.3 is 47.8 Å². The SMILES string of the molecule is CC(=O)O[C@H]1C[C@]2(O)[C@@H]3CC[C@@H]4C[C@@H](O)CC[C@]4(C)[C@H]3CC[C@]2(C)[C@H]1c1ccc(=O)oc1.CC(=O)O[C@H]1C[C@]2(O)[C@@H]3CC[C@@H]4C[C@@H](OC(=O)Oc5ccc([N+](=O)[O-])cc5)CC[C@]4(C)[C@H]3CC[C@]2(C)[C@H]1c1ccc(=O)oc1.O=C(Cl)Oc1ccc([N+](=O)[O-])cc1. The summed E-state index contributed by atoms with van der Waals surface area (Å²) in [4.78, 5) is 90.3. The van der Waals surface area contributed by atoms with Crippen molar-refractivity contribution in [3.8, 4) is 11.5 Å². The molecule has 0 bridgehead atoms. The number of hydrogen-bond donors (Lipinski definition) is 3. The van der Waals surface area contributed by atoms with Crippen LogP contribution in [0, 0.1) is 77.4 Å². The third-order valence-corrected chi connectivity index (χ3v) is 23.2. The molecule has 89 heavy (non-hydrogen) atoms. The molecule has 0 aliphatic heterocycles. The number of rotatable bonds is 9. The maximum Gasteiger partial charge on any atom is 0.514 e. The highest BCUT2D eigenvalue weighted by atomic mass is 35.5. The average molecular weight is 1260 g/mol. The lowest BCUT2D eigenvalue weighted by Gasteiger charge is -2.63. The van der Waals surface area contributed by atoms with Crippen LogP contribution in [0.25, 0.3) is 0 Å². The van der Waals surface area contributed by atoms with Crippen LogP contribution in [-0.4, -0.2) is 84.3 Å². The molecule has 0 spiro atoms. The predicted molar refractivity (Wildman–Crippen MR) is 319 cm³/mol. The largest absolute Gasteiger partial charge is 0.514 e. The minimum Gasteiger partial charge on any atom is -0.462 e. The maximum absolute atomic E-state index is 12.7. The van der Waals surface area contributed by atoms with Crippen LogP contribution in [0.1, 0.15) is 167 Å². The van der Waals surface area contributed by atoms with Crippen LogP contribution in [0.5, 0.6) is 11.5 Å². The Morgan fingerprint density at radius 2 is 0.978 bits per heavy atom. The lowest BCUT2D eigenvalue weighted by atomic mass is 9.43. The Morgan fingerprint density at radius 3 is 1.38 bits per heavy atom. The zero-order chi connectivity index (χ0) is 64.2. The second-order valence-electron chi connectivity index (χ2n) is 27.3. The summed E-state index contributed by atoms with van der Waals surface area (Å²) in [6.07, 6.45) is 13.4. The second-order valence-corrected chi connectivity index (χ2v) is 27.6. The Balaban J connectivity index is 0.000000169. The van der Waals surface area contributed by atoms with Crippen LogP contribution in [0.15, 0.2) is 104 Å². The summed E-state index contributed by atoms with van der Waals surface area (Å²) in [5, 5.41) is 56.5. The Labute approximate surface area is 519 Å². The first kappa shape index (κ1) is 65.0. The molecule has 18 atom stereocenters. The molecule has 12 rings (SSSR count). The molecular weight excluding hydrogens is 1180 g/mol. The van der Waals surface area contributed by atoms with E-state index in [0.717, 1.165) is 88.2 Å². The number of aliphatic hydroxyl groups excluding tert-OH is 1. The van der Waals surface area contributed by atoms with Gasteiger partial charge in [0, 0.05) is 97.4 Å². The third kappa shape index (κ3) is 12.3. The molecule has 2 aromatic heterocycles. The molecule has 4 aromatic rings. The van der Waals surface area contributed by atoms with E-state index in [9.17, 15) is 64.3 Å². The summed E-state index contributed by atoms with van der Waals surface area (Å²) in [7, 11) is 0. The van der Waals surface area contributed by atoms with Gasteiger partial charge in [0.05, 0.1) is 39.7 Å². The van der Waals surface area contributed by atoms with E-state index in [1.54, 1.807) is 12.1 Å². The minimum atomic E-state index is -1.08. The van der Waals surface area contributed by atoms with Gasteiger partial charge in [-0.1, -0.05) is 27.7 Å². The highest BCUT2D eigenvalue weighted by Crippen LogP contribution is 2.73. The Hall–Kier alpha value is -7.01. The van der Waals surface area contributed by atoms with Crippen molar-refractivity contribution in [2.24, 2.45) is 57.2 Å². The van der Waals surface area contributed by atoms with Crippen molar-refractivity contribution >= 4 is 46.5 Å². The topological polar surface area (TPSA) is 322 Å². The number of aliphatic hydroxyl groups is 3. The van der Waals surface area contributed by atoms with Gasteiger partial charge in [-0.2, -0.15) is 0 Å². The summed E-state index contributed by atoms with van der Waals surface area (Å²) >= 11 is 4.92. The van der Waals surface area contributed by atoms with Crippen LogP contribution in [0.3, 0.4) is 0 Å². The van der Waals surface area contributed by atoms with Crippen molar-refractivity contribution in [2.45, 2.75) is 192 Å². The van der Waals surface area contributed by atoms with E-state index >= 15 is 0 Å². The Kier molecular flexibility index (Phi) is 18.2. The van der Waals surface area contributed by atoms with Gasteiger partial charge in [-0.15, -0.1) is 0 Å². The van der Waals surface area contributed by atoms with Crippen molar-refractivity contribution in [2.75, 3.05) is 0 Å². The molecular formula is C66H79ClN2O20. The zero-order valence-electron chi connectivity index (χ0n) is 50.9. The lowest BCUT2D eigenvalue weighted by Crippen LogP contribution is -2.62. The fourth-order valence-corrected chi connectivity index (χ4v) is 19.1. The van der Waals surface area contributed by atoms with E-state index in [0.29, 0.717) is 43.4 Å². The number of fused-ring (bicyclic) bond motifs is 10. The highest BCUT2D eigenvalue weighted by molar-refractivity contribution is 6.61. The first-order chi connectivity index (χ1) is 42.0. The number of esters is 2. The van der Waals surface area contributed by atoms with Crippen LogP contribution >= 0.6 is 11.6 Å². The fraction of sp³-hybridized carbons (Fsp3) is 0.606. The number of ether oxygens (including phenoxy) is 5. The monoisotopic (exact) mass is 1250 g/mol. The lowest BCUT2D eigenvalue weighted by molar-refractivity contribution is -0.385. The van der Waals surface area contributed by atoms with E-state index < -0.39 is 72.9 Å². The molecule has 8 aliphatic rings. The summed E-state index contributed by atoms with van der Waals surface area (Å²) < 4.78 is 37.5. The third-order valence-electron chi connectivity index (χ3n) is 23.2. The number of nitrogens with zero attached hydrogens (tertiary/aromatic N) is 2. The maximum atomic E-state index is 12.7. The summed E-state index contributed by atoms with van der Waals surface area (Å²) in [5.74, 6) is 0.664. The van der Waals surface area contributed by atoms with E-state index in [4.69, 9.17) is 39.4 Å². The van der Waals surface area contributed by atoms with Gasteiger partial charge in [0.1, 0.15) is 29.8 Å². The predicted octanol–water partition coefficient (Wildman–Crippen LogP) is 12.0. The number of carbonyl (C=O) groups is 4. The zero-order valence-corrected chi connectivity index (χ0v) is 51.6. The standard InChI is InChI=1S/C33H39NO10.C26H36O6.C7H4ClNO4/c1-19(35)42-27-17-33(38)26-10-5-21-16-24(44-30(37)43-23-8-6-22(7-9-23)34(39)40)12-14-31(21,2)25(26)13-15-32(33,3)29(27)20-4-11-28(36)41-18-20;1-15(27)32-21-13-26(30)20-6-5-17-12-18(28)8-10-24(17,2)19(20)9-11-25(26,3)23(21)16-4-7-22(29)31-14-16;8-7(10)13-6-3-1-5(2-4-6)9(11)12/h4,6-9,11,18,21,24-27,29,38H,5,10,12-17H2,1-3H3;4,7,14,17-21,23,28,30H,5-6,8-13H2,1-3H3;1-4H/t21-,24+,25+,26-,27+,29+,31+,32-,33+;17-,18+,19+,20-,21+,23+,24+,25-,26+;/m11./s1. The molecule has 0 saturated heterocycles. The first-order valence-electron chi connectivity index (χ1n) is 30.9. The molecule has 8 aliphatic carbocycles. The quantitative estimate of drug-likeness (QED) is 0.0350. The number of hydrogen-bond acceptors (Lipinski definition) is 20. The fourth-order valence-electron chi connectivity index (χ4n) is 19.0.